The third-order valence-corrected chi connectivity index (χ3v) is 5.69. The molecule has 0 unspecified atom stereocenters. The summed E-state index contributed by atoms with van der Waals surface area (Å²) < 4.78 is 0. The smallest absolute Gasteiger partial charge is 0.173 e. The Bertz CT molecular complexity index is 758. The van der Waals surface area contributed by atoms with Gasteiger partial charge < -0.3 is 10.2 Å². The van der Waals surface area contributed by atoms with E-state index in [0.29, 0.717) is 15.2 Å². The largest absolute Gasteiger partial charge is 0.346 e. The summed E-state index contributed by atoms with van der Waals surface area (Å²) >= 11 is 17.8. The summed E-state index contributed by atoms with van der Waals surface area (Å²) in [5.74, 6) is 0. The van der Waals surface area contributed by atoms with Crippen molar-refractivity contribution in [2.45, 2.75) is 13.5 Å². The Morgan fingerprint density at radius 2 is 1.76 bits per heavy atom. The molecule has 0 radical (unpaired) electrons. The van der Waals surface area contributed by atoms with E-state index in [0.717, 1.165) is 38.4 Å². The topological polar surface area (TPSA) is 18.5 Å². The number of rotatable bonds is 3. The Morgan fingerprint density at radius 3 is 2.48 bits per heavy atom. The van der Waals surface area contributed by atoms with Crippen LogP contribution in [-0.4, -0.2) is 41.1 Å². The van der Waals surface area contributed by atoms with Crippen LogP contribution in [0.5, 0.6) is 0 Å². The first-order valence-corrected chi connectivity index (χ1v) is 9.48. The first-order chi connectivity index (χ1) is 12.0. The van der Waals surface area contributed by atoms with Crippen molar-refractivity contribution in [3.05, 3.63) is 63.6 Å². The van der Waals surface area contributed by atoms with Gasteiger partial charge in [0.1, 0.15) is 0 Å². The van der Waals surface area contributed by atoms with Gasteiger partial charge in [0.05, 0.1) is 15.7 Å². The summed E-state index contributed by atoms with van der Waals surface area (Å²) in [5, 5.41) is 4.94. The van der Waals surface area contributed by atoms with E-state index in [1.807, 2.05) is 12.1 Å². The fourth-order valence-corrected chi connectivity index (χ4v) is 3.57. The van der Waals surface area contributed by atoms with Gasteiger partial charge in [-0.05, 0) is 42.4 Å². The molecule has 0 spiro atoms. The van der Waals surface area contributed by atoms with Gasteiger partial charge in [-0.25, -0.2) is 0 Å². The molecule has 0 atom stereocenters. The quantitative estimate of drug-likeness (QED) is 0.753. The fraction of sp³-hybridized carbons (Fsp3) is 0.316. The van der Waals surface area contributed by atoms with Gasteiger partial charge in [0.2, 0.25) is 0 Å². The van der Waals surface area contributed by atoms with E-state index >= 15 is 0 Å². The molecule has 1 aliphatic rings. The van der Waals surface area contributed by atoms with Gasteiger partial charge in [0.15, 0.2) is 5.11 Å². The van der Waals surface area contributed by atoms with Crippen molar-refractivity contribution in [2.24, 2.45) is 0 Å². The Kier molecular flexibility index (Phi) is 6.18. The summed E-state index contributed by atoms with van der Waals surface area (Å²) in [5.41, 5.74) is 3.49. The number of halogens is 2. The van der Waals surface area contributed by atoms with Crippen molar-refractivity contribution in [3.63, 3.8) is 0 Å². The molecule has 3 rings (SSSR count). The van der Waals surface area contributed by atoms with Crippen molar-refractivity contribution in [3.8, 4) is 0 Å². The fourth-order valence-electron chi connectivity index (χ4n) is 2.93. The highest BCUT2D eigenvalue weighted by atomic mass is 35.5. The maximum absolute atomic E-state index is 6.22. The van der Waals surface area contributed by atoms with Gasteiger partial charge in [-0.2, -0.15) is 0 Å². The van der Waals surface area contributed by atoms with Crippen molar-refractivity contribution in [1.29, 1.82) is 0 Å². The zero-order valence-corrected chi connectivity index (χ0v) is 16.5. The first-order valence-electron chi connectivity index (χ1n) is 8.31. The summed E-state index contributed by atoms with van der Waals surface area (Å²) in [4.78, 5) is 4.65. The second kappa shape index (κ2) is 8.37. The van der Waals surface area contributed by atoms with Crippen LogP contribution in [-0.2, 0) is 6.54 Å². The molecule has 1 saturated heterocycles. The van der Waals surface area contributed by atoms with E-state index in [2.05, 4.69) is 46.3 Å². The lowest BCUT2D eigenvalue weighted by molar-refractivity contribution is 0.176. The summed E-state index contributed by atoms with van der Waals surface area (Å²) in [6.45, 7) is 6.92. The van der Waals surface area contributed by atoms with Crippen LogP contribution in [0.3, 0.4) is 0 Å². The highest BCUT2D eigenvalue weighted by Crippen LogP contribution is 2.29. The molecule has 0 saturated carbocycles. The molecule has 2 aromatic rings. The average molecular weight is 394 g/mol. The normalized spacial score (nSPS) is 15.2. The zero-order chi connectivity index (χ0) is 17.8. The van der Waals surface area contributed by atoms with Crippen molar-refractivity contribution in [2.75, 3.05) is 31.5 Å². The zero-order valence-electron chi connectivity index (χ0n) is 14.1. The Morgan fingerprint density at radius 1 is 1.04 bits per heavy atom. The van der Waals surface area contributed by atoms with Gasteiger partial charge in [0.25, 0.3) is 0 Å². The molecule has 25 heavy (non-hydrogen) atoms. The SMILES string of the molecule is Cc1ccccc1CN1CCN(C(=S)Nc2cccc(Cl)c2Cl)CC1. The van der Waals surface area contributed by atoms with E-state index in [9.17, 15) is 0 Å². The molecule has 0 aromatic heterocycles. The molecule has 132 valence electrons. The molecule has 2 aromatic carbocycles. The van der Waals surface area contributed by atoms with E-state index in [1.54, 1.807) is 6.07 Å². The van der Waals surface area contributed by atoms with Gasteiger partial charge in [-0.1, -0.05) is 53.5 Å². The Hall–Kier alpha value is -1.33. The minimum absolute atomic E-state index is 0.504. The van der Waals surface area contributed by atoms with Gasteiger partial charge in [0, 0.05) is 32.7 Å². The predicted octanol–water partition coefficient (Wildman–Crippen LogP) is 4.82. The molecule has 3 nitrogen and oxygen atoms in total. The Labute approximate surface area is 164 Å². The number of nitrogens with zero attached hydrogens (tertiary/aromatic N) is 2. The van der Waals surface area contributed by atoms with Crippen molar-refractivity contribution < 1.29 is 0 Å². The number of thiocarbonyl (C=S) groups is 1. The van der Waals surface area contributed by atoms with Crippen LogP contribution in [0.4, 0.5) is 5.69 Å². The number of hydrogen-bond acceptors (Lipinski definition) is 2. The second-order valence-electron chi connectivity index (χ2n) is 6.22. The molecule has 0 aliphatic carbocycles. The van der Waals surface area contributed by atoms with Crippen LogP contribution in [0.2, 0.25) is 10.0 Å². The standard InChI is InChI=1S/C19H21Cl2N3S/c1-14-5-2-3-6-15(14)13-23-9-11-24(12-10-23)19(25)22-17-8-4-7-16(20)18(17)21/h2-8H,9-13H2,1H3,(H,22,25). The summed E-state index contributed by atoms with van der Waals surface area (Å²) in [6, 6.07) is 14.1. The molecular formula is C19H21Cl2N3S. The first kappa shape index (κ1) is 18.5. The highest BCUT2D eigenvalue weighted by molar-refractivity contribution is 7.80. The number of piperazine rings is 1. The van der Waals surface area contributed by atoms with Crippen LogP contribution < -0.4 is 5.32 Å². The minimum Gasteiger partial charge on any atom is -0.346 e. The lowest BCUT2D eigenvalue weighted by Gasteiger charge is -2.36. The maximum Gasteiger partial charge on any atom is 0.173 e. The van der Waals surface area contributed by atoms with Crippen molar-refractivity contribution in [1.82, 2.24) is 9.80 Å². The van der Waals surface area contributed by atoms with Gasteiger partial charge >= 0.3 is 0 Å². The molecular weight excluding hydrogens is 373 g/mol. The number of anilines is 1. The summed E-state index contributed by atoms with van der Waals surface area (Å²) in [6.07, 6.45) is 0. The Balaban J connectivity index is 1.54. The molecule has 0 amide bonds. The third kappa shape index (κ3) is 4.64. The monoisotopic (exact) mass is 393 g/mol. The molecule has 1 fully saturated rings. The predicted molar refractivity (Wildman–Crippen MR) is 111 cm³/mol. The van der Waals surface area contributed by atoms with Crippen molar-refractivity contribution >= 4 is 46.2 Å². The third-order valence-electron chi connectivity index (χ3n) is 4.51. The lowest BCUT2D eigenvalue weighted by atomic mass is 10.1. The van der Waals surface area contributed by atoms with E-state index in [4.69, 9.17) is 35.4 Å². The van der Waals surface area contributed by atoms with Crippen LogP contribution in [0.15, 0.2) is 42.5 Å². The van der Waals surface area contributed by atoms with Crippen LogP contribution in [0.1, 0.15) is 11.1 Å². The van der Waals surface area contributed by atoms with E-state index in [1.165, 1.54) is 11.1 Å². The number of benzene rings is 2. The lowest BCUT2D eigenvalue weighted by Crippen LogP contribution is -2.49. The van der Waals surface area contributed by atoms with Crippen LogP contribution in [0, 0.1) is 6.92 Å². The van der Waals surface area contributed by atoms with E-state index in [-0.39, 0.29) is 0 Å². The van der Waals surface area contributed by atoms with Gasteiger partial charge in [-0.15, -0.1) is 0 Å². The van der Waals surface area contributed by atoms with E-state index < -0.39 is 0 Å². The molecule has 1 heterocycles. The molecule has 0 bridgehead atoms. The summed E-state index contributed by atoms with van der Waals surface area (Å²) in [7, 11) is 0. The second-order valence-corrected chi connectivity index (χ2v) is 7.39. The van der Waals surface area contributed by atoms with Gasteiger partial charge in [-0.3, -0.25) is 4.90 Å². The number of aryl methyl sites for hydroxylation is 1. The molecule has 1 aliphatic heterocycles. The number of hydrogen-bond donors (Lipinski definition) is 1. The minimum atomic E-state index is 0.504. The average Bonchev–Trinajstić information content (AvgIpc) is 2.61. The highest BCUT2D eigenvalue weighted by Gasteiger charge is 2.20. The molecule has 6 heteroatoms. The van der Waals surface area contributed by atoms with Crippen LogP contribution >= 0.6 is 35.4 Å². The number of nitrogens with one attached hydrogen (secondary N) is 1. The maximum atomic E-state index is 6.22. The van der Waals surface area contributed by atoms with Crippen LogP contribution in [0.25, 0.3) is 0 Å². The molecule has 1 N–H and O–H groups in total.